The van der Waals surface area contributed by atoms with E-state index in [9.17, 15) is 20.1 Å². The van der Waals surface area contributed by atoms with Crippen LogP contribution < -0.4 is 11.3 Å². The Morgan fingerprint density at radius 2 is 2.27 bits per heavy atom. The highest BCUT2D eigenvalue weighted by atomic mass is 16.6. The van der Waals surface area contributed by atoms with E-state index < -0.39 is 35.7 Å². The minimum absolute atomic E-state index is 0.0311. The number of imidazole rings is 1. The molecule has 10 heteroatoms. The quantitative estimate of drug-likeness (QED) is 0.429. The van der Waals surface area contributed by atoms with Crippen LogP contribution in [0.4, 0.5) is 5.95 Å². The Morgan fingerprint density at radius 3 is 2.86 bits per heavy atom. The van der Waals surface area contributed by atoms with E-state index in [0.29, 0.717) is 0 Å². The average Bonchev–Trinajstić information content (AvgIpc) is 2.91. The van der Waals surface area contributed by atoms with E-state index in [1.54, 1.807) is 0 Å². The van der Waals surface area contributed by atoms with Crippen molar-refractivity contribution >= 4 is 17.1 Å². The third kappa shape index (κ3) is 2.00. The van der Waals surface area contributed by atoms with Crippen molar-refractivity contribution in [2.45, 2.75) is 44.0 Å². The van der Waals surface area contributed by atoms with Crippen LogP contribution in [-0.2, 0) is 4.74 Å². The summed E-state index contributed by atoms with van der Waals surface area (Å²) in [4.78, 5) is 22.0. The number of nitrogens with zero attached hydrogens (tertiary/aromatic N) is 3. The number of nitrogens with two attached hydrogens (primary N) is 1. The van der Waals surface area contributed by atoms with Gasteiger partial charge in [0.1, 0.15) is 17.8 Å². The molecule has 22 heavy (non-hydrogen) atoms. The summed E-state index contributed by atoms with van der Waals surface area (Å²) in [5.41, 5.74) is 3.43. The monoisotopic (exact) mass is 311 g/mol. The Labute approximate surface area is 124 Å². The molecule has 0 aromatic carbocycles. The fourth-order valence-corrected chi connectivity index (χ4v) is 2.68. The number of aliphatic hydroxyl groups excluding tert-OH is 2. The van der Waals surface area contributed by atoms with Crippen molar-refractivity contribution in [3.05, 3.63) is 16.7 Å². The Hall–Kier alpha value is -2.01. The summed E-state index contributed by atoms with van der Waals surface area (Å²) < 4.78 is 6.87. The highest BCUT2D eigenvalue weighted by Crippen LogP contribution is 2.40. The van der Waals surface area contributed by atoms with Gasteiger partial charge in [0.25, 0.3) is 5.56 Å². The van der Waals surface area contributed by atoms with Crippen LogP contribution >= 0.6 is 0 Å². The van der Waals surface area contributed by atoms with Gasteiger partial charge in [-0.05, 0) is 13.8 Å². The largest absolute Gasteiger partial charge is 0.391 e. The third-order valence-corrected chi connectivity index (χ3v) is 3.87. The zero-order valence-corrected chi connectivity index (χ0v) is 12.0. The molecule has 0 saturated carbocycles. The maximum absolute atomic E-state index is 11.8. The molecule has 0 radical (unpaired) electrons. The first-order valence-electron chi connectivity index (χ1n) is 6.69. The van der Waals surface area contributed by atoms with E-state index in [2.05, 4.69) is 15.0 Å². The van der Waals surface area contributed by atoms with Crippen molar-refractivity contribution < 1.29 is 20.1 Å². The van der Waals surface area contributed by atoms with Gasteiger partial charge < -0.3 is 25.8 Å². The molecule has 0 unspecified atom stereocenters. The molecule has 1 aliphatic rings. The summed E-state index contributed by atoms with van der Waals surface area (Å²) in [6.07, 6.45) is -3.13. The minimum Gasteiger partial charge on any atom is -0.391 e. The van der Waals surface area contributed by atoms with Crippen molar-refractivity contribution in [3.8, 4) is 0 Å². The molecular weight excluding hydrogens is 294 g/mol. The van der Waals surface area contributed by atoms with Crippen LogP contribution in [0.3, 0.4) is 0 Å². The van der Waals surface area contributed by atoms with Crippen LogP contribution in [0.1, 0.15) is 20.1 Å². The molecule has 10 nitrogen and oxygen atoms in total. The summed E-state index contributed by atoms with van der Waals surface area (Å²) in [7, 11) is 0. The van der Waals surface area contributed by atoms with Crippen LogP contribution in [0.15, 0.2) is 11.1 Å². The van der Waals surface area contributed by atoms with Crippen molar-refractivity contribution in [1.29, 1.82) is 0 Å². The fourth-order valence-electron chi connectivity index (χ4n) is 2.68. The summed E-state index contributed by atoms with van der Waals surface area (Å²) in [5, 5.41) is 30.3. The van der Waals surface area contributed by atoms with Gasteiger partial charge in [0.15, 0.2) is 17.4 Å². The molecule has 5 atom stereocenters. The SMILES string of the molecule is C[C@@H](O)[C@H]1O[C@@H](n2cnc3c(=O)[nH]c(N)nc32)[C@](C)(O)[C@@H]1O. The first kappa shape index (κ1) is 14.9. The van der Waals surface area contributed by atoms with E-state index in [1.807, 2.05) is 0 Å². The van der Waals surface area contributed by atoms with Gasteiger partial charge in [-0.25, -0.2) is 4.98 Å². The lowest BCUT2D eigenvalue weighted by Crippen LogP contribution is -2.45. The maximum Gasteiger partial charge on any atom is 0.280 e. The first-order chi connectivity index (χ1) is 10.2. The Morgan fingerprint density at radius 1 is 1.59 bits per heavy atom. The maximum atomic E-state index is 11.8. The van der Waals surface area contributed by atoms with Crippen molar-refractivity contribution in [3.63, 3.8) is 0 Å². The predicted molar refractivity (Wildman–Crippen MR) is 74.8 cm³/mol. The lowest BCUT2D eigenvalue weighted by molar-refractivity contribution is -0.0987. The van der Waals surface area contributed by atoms with Gasteiger partial charge in [0.05, 0.1) is 12.4 Å². The summed E-state index contributed by atoms with van der Waals surface area (Å²) in [6.45, 7) is 2.81. The Balaban J connectivity index is 2.13. The number of nitrogen functional groups attached to an aromatic ring is 1. The van der Waals surface area contributed by atoms with Crippen molar-refractivity contribution in [1.82, 2.24) is 19.5 Å². The van der Waals surface area contributed by atoms with Crippen molar-refractivity contribution in [2.75, 3.05) is 5.73 Å². The lowest BCUT2D eigenvalue weighted by atomic mass is 9.94. The van der Waals surface area contributed by atoms with Gasteiger partial charge in [-0.15, -0.1) is 0 Å². The second kappa shape index (κ2) is 4.74. The predicted octanol–water partition coefficient (Wildman–Crippen LogP) is -1.91. The number of anilines is 1. The van der Waals surface area contributed by atoms with Crippen LogP contribution in [0.5, 0.6) is 0 Å². The summed E-state index contributed by atoms with van der Waals surface area (Å²) >= 11 is 0. The molecule has 0 aliphatic carbocycles. The highest BCUT2D eigenvalue weighted by molar-refractivity contribution is 5.70. The molecule has 3 heterocycles. The Kier molecular flexibility index (Phi) is 3.22. The molecule has 1 aliphatic heterocycles. The number of aromatic amines is 1. The molecule has 0 spiro atoms. The number of hydrogen-bond acceptors (Lipinski definition) is 8. The highest BCUT2D eigenvalue weighted by Gasteiger charge is 2.54. The van der Waals surface area contributed by atoms with E-state index in [1.165, 1.54) is 24.7 Å². The van der Waals surface area contributed by atoms with Gasteiger partial charge >= 0.3 is 0 Å². The zero-order valence-electron chi connectivity index (χ0n) is 12.0. The standard InChI is InChI=1S/C12H17N5O5/c1-4(18)6-7(19)12(2,21)10(22-6)17-3-14-5-8(17)15-11(13)16-9(5)20/h3-4,6-7,10,18-19,21H,1-2H3,(H3,13,15,16,20)/t4-,6-,7-,10-,12-/m1/s1. The molecule has 2 aromatic rings. The first-order valence-corrected chi connectivity index (χ1v) is 6.69. The number of ether oxygens (including phenoxy) is 1. The van der Waals surface area contributed by atoms with E-state index in [4.69, 9.17) is 10.5 Å². The van der Waals surface area contributed by atoms with Crippen LogP contribution in [0, 0.1) is 0 Å². The molecule has 120 valence electrons. The smallest absolute Gasteiger partial charge is 0.280 e. The molecular formula is C12H17N5O5. The molecule has 3 rings (SSSR count). The van der Waals surface area contributed by atoms with Crippen LogP contribution in [0.25, 0.3) is 11.2 Å². The van der Waals surface area contributed by atoms with E-state index in [-0.39, 0.29) is 17.1 Å². The van der Waals surface area contributed by atoms with Gasteiger partial charge in [0.2, 0.25) is 5.95 Å². The van der Waals surface area contributed by atoms with Gasteiger partial charge in [-0.1, -0.05) is 0 Å². The molecule has 0 amide bonds. The number of aromatic nitrogens is 4. The van der Waals surface area contributed by atoms with Crippen LogP contribution in [-0.4, -0.2) is 58.8 Å². The van der Waals surface area contributed by atoms with Crippen LogP contribution in [0.2, 0.25) is 0 Å². The van der Waals surface area contributed by atoms with Crippen molar-refractivity contribution in [2.24, 2.45) is 0 Å². The molecule has 2 aromatic heterocycles. The molecule has 1 fully saturated rings. The third-order valence-electron chi connectivity index (χ3n) is 3.87. The van der Waals surface area contributed by atoms with Gasteiger partial charge in [-0.3, -0.25) is 14.3 Å². The number of fused-ring (bicyclic) bond motifs is 1. The number of aliphatic hydroxyl groups is 3. The summed E-state index contributed by atoms with van der Waals surface area (Å²) in [6, 6.07) is 0. The zero-order chi connectivity index (χ0) is 16.2. The topological polar surface area (TPSA) is 160 Å². The number of rotatable bonds is 2. The van der Waals surface area contributed by atoms with E-state index in [0.717, 1.165) is 0 Å². The lowest BCUT2D eigenvalue weighted by Gasteiger charge is -2.27. The number of H-pyrrole nitrogens is 1. The van der Waals surface area contributed by atoms with Gasteiger partial charge in [-0.2, -0.15) is 4.98 Å². The Bertz CT molecular complexity index is 767. The normalized spacial score (nSPS) is 33.4. The minimum atomic E-state index is -1.71. The number of hydrogen-bond donors (Lipinski definition) is 5. The summed E-state index contributed by atoms with van der Waals surface area (Å²) in [5.74, 6) is -0.107. The molecule has 6 N–H and O–H groups in total. The fraction of sp³-hybridized carbons (Fsp3) is 0.583. The average molecular weight is 311 g/mol. The molecule has 1 saturated heterocycles. The molecule has 0 bridgehead atoms. The second-order valence-corrected chi connectivity index (χ2v) is 5.64. The van der Waals surface area contributed by atoms with Gasteiger partial charge in [0, 0.05) is 0 Å². The number of nitrogens with one attached hydrogen (secondary N) is 1. The van der Waals surface area contributed by atoms with E-state index >= 15 is 0 Å². The second-order valence-electron chi connectivity index (χ2n) is 5.64.